The van der Waals surface area contributed by atoms with Crippen LogP contribution in [0.25, 0.3) is 11.2 Å². The maximum absolute atomic E-state index is 10.3. The van der Waals surface area contributed by atoms with E-state index in [4.69, 9.17) is 4.74 Å². The van der Waals surface area contributed by atoms with E-state index in [-0.39, 0.29) is 6.61 Å². The highest BCUT2D eigenvalue weighted by Gasteiger charge is 2.44. The van der Waals surface area contributed by atoms with Gasteiger partial charge in [0.2, 0.25) is 0 Å². The lowest BCUT2D eigenvalue weighted by Gasteiger charge is -2.19. The van der Waals surface area contributed by atoms with Gasteiger partial charge in [0.25, 0.3) is 0 Å². The van der Waals surface area contributed by atoms with Crippen LogP contribution in [0.2, 0.25) is 0 Å². The van der Waals surface area contributed by atoms with Gasteiger partial charge in [0, 0.05) is 6.04 Å². The van der Waals surface area contributed by atoms with Crippen LogP contribution >= 0.6 is 0 Å². The molecular formula is C17H23N5O4. The molecule has 2 aromatic rings. The zero-order valence-electron chi connectivity index (χ0n) is 14.3. The average Bonchev–Trinajstić information content (AvgIpc) is 3.41. The van der Waals surface area contributed by atoms with Crippen molar-refractivity contribution in [3.05, 3.63) is 12.7 Å². The van der Waals surface area contributed by atoms with Crippen LogP contribution in [0.15, 0.2) is 12.7 Å². The Labute approximate surface area is 150 Å². The fraction of sp³-hybridized carbons (Fsp3) is 0.706. The van der Waals surface area contributed by atoms with Crippen molar-refractivity contribution >= 4 is 17.0 Å². The first kappa shape index (κ1) is 16.4. The molecular weight excluding hydrogens is 338 g/mol. The molecule has 2 aliphatic carbocycles. The van der Waals surface area contributed by atoms with Crippen molar-refractivity contribution in [1.29, 1.82) is 0 Å². The van der Waals surface area contributed by atoms with E-state index in [9.17, 15) is 15.3 Å². The third-order valence-electron chi connectivity index (χ3n) is 6.29. The van der Waals surface area contributed by atoms with Crippen molar-refractivity contribution in [2.24, 2.45) is 11.8 Å². The number of imidazole rings is 1. The van der Waals surface area contributed by atoms with Gasteiger partial charge in [-0.2, -0.15) is 0 Å². The second kappa shape index (κ2) is 6.12. The summed E-state index contributed by atoms with van der Waals surface area (Å²) < 4.78 is 7.19. The van der Waals surface area contributed by atoms with Crippen LogP contribution in [-0.2, 0) is 4.74 Å². The van der Waals surface area contributed by atoms with Crippen LogP contribution < -0.4 is 5.32 Å². The third-order valence-corrected chi connectivity index (χ3v) is 6.29. The number of rotatable bonds is 4. The van der Waals surface area contributed by atoms with Crippen LogP contribution in [0.5, 0.6) is 0 Å². The van der Waals surface area contributed by atoms with Crippen molar-refractivity contribution < 1.29 is 20.1 Å². The molecule has 0 spiro atoms. The molecule has 3 fully saturated rings. The molecule has 2 saturated carbocycles. The Hall–Kier alpha value is -1.81. The van der Waals surface area contributed by atoms with Crippen LogP contribution in [0, 0.1) is 11.8 Å². The van der Waals surface area contributed by atoms with Crippen molar-refractivity contribution in [1.82, 2.24) is 19.5 Å². The van der Waals surface area contributed by atoms with Gasteiger partial charge in [-0.05, 0) is 37.5 Å². The molecule has 1 saturated heterocycles. The summed E-state index contributed by atoms with van der Waals surface area (Å²) >= 11 is 0. The standard InChI is InChI=1S/C17H23N5O4/c23-5-10-13(24)14(25)17(26-10)22-7-20-12-15(18-6-19-16(12)22)21-11-8-1-2-9(11)4-3-8/h6-11,13-14,17,23-25H,1-5H2,(H,18,19,21)/t8?,9?,10-,11?,13-,14-,17-/m1/s1. The Balaban J connectivity index is 1.46. The number of anilines is 1. The number of aromatic nitrogens is 4. The highest BCUT2D eigenvalue weighted by molar-refractivity contribution is 5.83. The Morgan fingerprint density at radius 2 is 1.81 bits per heavy atom. The molecule has 0 amide bonds. The van der Waals surface area contributed by atoms with Crippen LogP contribution in [0.1, 0.15) is 31.9 Å². The van der Waals surface area contributed by atoms with Crippen LogP contribution in [-0.4, -0.2) is 65.8 Å². The van der Waals surface area contributed by atoms with E-state index >= 15 is 0 Å². The summed E-state index contributed by atoms with van der Waals surface area (Å²) in [6.45, 7) is -0.367. The molecule has 2 bridgehead atoms. The summed E-state index contributed by atoms with van der Waals surface area (Å²) in [5, 5.41) is 33.1. The van der Waals surface area contributed by atoms with E-state index in [2.05, 4.69) is 20.3 Å². The summed E-state index contributed by atoms with van der Waals surface area (Å²) in [6.07, 6.45) is 4.09. The van der Waals surface area contributed by atoms with E-state index < -0.39 is 24.5 Å². The minimum absolute atomic E-state index is 0.367. The topological polar surface area (TPSA) is 126 Å². The van der Waals surface area contributed by atoms with Gasteiger partial charge in [-0.25, -0.2) is 15.0 Å². The molecule has 0 aromatic carbocycles. The molecule has 26 heavy (non-hydrogen) atoms. The van der Waals surface area contributed by atoms with Crippen LogP contribution in [0.4, 0.5) is 5.82 Å². The van der Waals surface area contributed by atoms with E-state index in [1.807, 2.05) is 0 Å². The highest BCUT2D eigenvalue weighted by Crippen LogP contribution is 2.46. The van der Waals surface area contributed by atoms with Crippen molar-refractivity contribution in [3.63, 3.8) is 0 Å². The molecule has 3 aliphatic rings. The molecule has 2 aromatic heterocycles. The zero-order valence-corrected chi connectivity index (χ0v) is 14.3. The van der Waals surface area contributed by atoms with E-state index in [0.717, 1.165) is 0 Å². The summed E-state index contributed by atoms with van der Waals surface area (Å²) in [7, 11) is 0. The highest BCUT2D eigenvalue weighted by atomic mass is 16.6. The quantitative estimate of drug-likeness (QED) is 0.601. The summed E-state index contributed by atoms with van der Waals surface area (Å²) in [6, 6.07) is 0.437. The van der Waals surface area contributed by atoms with Gasteiger partial charge in [0.15, 0.2) is 23.2 Å². The van der Waals surface area contributed by atoms with Gasteiger partial charge in [0.05, 0.1) is 12.9 Å². The van der Waals surface area contributed by atoms with Gasteiger partial charge < -0.3 is 25.4 Å². The Morgan fingerprint density at radius 1 is 1.08 bits per heavy atom. The predicted octanol–water partition coefficient (Wildman–Crippen LogP) is 0.0383. The lowest BCUT2D eigenvalue weighted by Crippen LogP contribution is -2.33. The number of fused-ring (bicyclic) bond motifs is 3. The van der Waals surface area contributed by atoms with E-state index in [1.165, 1.54) is 38.3 Å². The molecule has 4 atom stereocenters. The fourth-order valence-corrected chi connectivity index (χ4v) is 4.90. The molecule has 1 aliphatic heterocycles. The number of hydrogen-bond donors (Lipinski definition) is 4. The smallest absolute Gasteiger partial charge is 0.167 e. The Bertz CT molecular complexity index is 794. The van der Waals surface area contributed by atoms with Gasteiger partial charge >= 0.3 is 0 Å². The first-order valence-corrected chi connectivity index (χ1v) is 9.24. The molecule has 5 rings (SSSR count). The zero-order chi connectivity index (χ0) is 17.8. The number of nitrogens with one attached hydrogen (secondary N) is 1. The first-order valence-electron chi connectivity index (χ1n) is 9.24. The first-order chi connectivity index (χ1) is 12.7. The molecule has 0 radical (unpaired) electrons. The monoisotopic (exact) mass is 361 g/mol. The molecule has 9 heteroatoms. The van der Waals surface area contributed by atoms with Crippen LogP contribution in [0.3, 0.4) is 0 Å². The largest absolute Gasteiger partial charge is 0.394 e. The van der Waals surface area contributed by atoms with Crippen molar-refractivity contribution in [2.75, 3.05) is 11.9 Å². The summed E-state index contributed by atoms with van der Waals surface area (Å²) in [4.78, 5) is 13.1. The SMILES string of the molecule is OC[C@H]1O[C@@H](n2cnc3c(NC4C5CCC4CC5)ncnc32)[C@H](O)[C@@H]1O. The number of ether oxygens (including phenoxy) is 1. The molecule has 0 unspecified atom stereocenters. The molecule has 3 heterocycles. The van der Waals surface area contributed by atoms with Gasteiger partial charge in [-0.1, -0.05) is 0 Å². The van der Waals surface area contributed by atoms with E-state index in [1.54, 1.807) is 4.57 Å². The average molecular weight is 361 g/mol. The summed E-state index contributed by atoms with van der Waals surface area (Å²) in [5.74, 6) is 2.10. The van der Waals surface area contributed by atoms with Crippen molar-refractivity contribution in [2.45, 2.75) is 56.3 Å². The summed E-state index contributed by atoms with van der Waals surface area (Å²) in [5.41, 5.74) is 1.15. The predicted molar refractivity (Wildman–Crippen MR) is 91.2 cm³/mol. The number of aliphatic hydroxyl groups excluding tert-OH is 3. The number of aliphatic hydroxyl groups is 3. The second-order valence-corrected chi connectivity index (χ2v) is 7.62. The van der Waals surface area contributed by atoms with E-state index in [0.29, 0.717) is 34.9 Å². The molecule has 140 valence electrons. The lowest BCUT2D eigenvalue weighted by atomic mass is 10.0. The minimum atomic E-state index is -1.17. The Morgan fingerprint density at radius 3 is 2.46 bits per heavy atom. The number of nitrogens with zero attached hydrogens (tertiary/aromatic N) is 4. The molecule has 9 nitrogen and oxygen atoms in total. The Kier molecular flexibility index (Phi) is 3.85. The normalized spacial score (nSPS) is 39.1. The van der Waals surface area contributed by atoms with Crippen molar-refractivity contribution in [3.8, 4) is 0 Å². The minimum Gasteiger partial charge on any atom is -0.394 e. The van der Waals surface area contributed by atoms with Gasteiger partial charge in [-0.15, -0.1) is 0 Å². The molecule has 4 N–H and O–H groups in total. The maximum Gasteiger partial charge on any atom is 0.167 e. The number of hydrogen-bond acceptors (Lipinski definition) is 8. The third kappa shape index (κ3) is 2.34. The lowest BCUT2D eigenvalue weighted by molar-refractivity contribution is -0.0511. The van der Waals surface area contributed by atoms with Gasteiger partial charge in [0.1, 0.15) is 24.6 Å². The van der Waals surface area contributed by atoms with Gasteiger partial charge in [-0.3, -0.25) is 4.57 Å². The second-order valence-electron chi connectivity index (χ2n) is 7.62. The fourth-order valence-electron chi connectivity index (χ4n) is 4.90. The maximum atomic E-state index is 10.3.